The summed E-state index contributed by atoms with van der Waals surface area (Å²) in [4.78, 5) is 29.4. The molecule has 2 aromatic rings. The van der Waals surface area contributed by atoms with Crippen LogP contribution in [0.1, 0.15) is 47.8 Å². The maximum absolute atomic E-state index is 13.1. The average molecular weight is 381 g/mol. The van der Waals surface area contributed by atoms with Crippen molar-refractivity contribution in [2.24, 2.45) is 0 Å². The van der Waals surface area contributed by atoms with Gasteiger partial charge in [-0.05, 0) is 43.4 Å². The van der Waals surface area contributed by atoms with Crippen molar-refractivity contribution in [2.45, 2.75) is 37.8 Å². The van der Waals surface area contributed by atoms with Gasteiger partial charge in [0.1, 0.15) is 6.04 Å². The van der Waals surface area contributed by atoms with Gasteiger partial charge in [0.25, 0.3) is 5.91 Å². The number of hydrogen-bond acceptors (Lipinski definition) is 4. The lowest BCUT2D eigenvalue weighted by atomic mass is 9.99. The zero-order valence-corrected chi connectivity index (χ0v) is 16.0. The largest absolute Gasteiger partial charge is 0.459 e. The third kappa shape index (κ3) is 4.12. The molecule has 0 saturated carbocycles. The van der Waals surface area contributed by atoms with E-state index >= 15 is 0 Å². The highest BCUT2D eigenvalue weighted by Gasteiger charge is 2.32. The number of carbonyl (C=O) groups excluding carboxylic acids is 2. The Labute approximate surface area is 165 Å². The Bertz CT molecular complexity index is 777. The number of carbonyl (C=O) groups is 2. The summed E-state index contributed by atoms with van der Waals surface area (Å²) in [5.74, 6) is 0.492. The predicted molar refractivity (Wildman–Crippen MR) is 106 cm³/mol. The van der Waals surface area contributed by atoms with Gasteiger partial charge in [-0.1, -0.05) is 30.3 Å². The molecule has 0 bridgehead atoms. The molecule has 2 amide bonds. The van der Waals surface area contributed by atoms with Crippen molar-refractivity contribution in [3.05, 3.63) is 60.1 Å². The Morgan fingerprint density at radius 3 is 2.29 bits per heavy atom. The number of amides is 2. The molecular weight excluding hydrogens is 354 g/mol. The minimum Gasteiger partial charge on any atom is -0.459 e. The predicted octanol–water partition coefficient (Wildman–Crippen LogP) is 2.84. The lowest BCUT2D eigenvalue weighted by Gasteiger charge is -2.35. The number of likely N-dealkylation sites (tertiary alicyclic amines) is 2. The minimum atomic E-state index is -0.323. The van der Waals surface area contributed by atoms with E-state index in [4.69, 9.17) is 4.42 Å². The second kappa shape index (κ2) is 8.61. The molecule has 2 fully saturated rings. The zero-order chi connectivity index (χ0) is 19.3. The summed E-state index contributed by atoms with van der Waals surface area (Å²) in [6, 6.07) is 13.3. The van der Waals surface area contributed by atoms with Gasteiger partial charge >= 0.3 is 0 Å². The third-order valence-corrected chi connectivity index (χ3v) is 5.71. The standard InChI is InChI=1S/C22H27N3O3/c26-21(19-9-6-16-28-19)25-14-10-18(11-15-25)23-20(17-7-2-1-3-8-17)22(27)24-12-4-5-13-24/h1-3,6-9,16,18,20,23H,4-5,10-15H2. The molecule has 0 radical (unpaired) electrons. The SMILES string of the molecule is O=C(c1ccco1)N1CCC(NC(C(=O)N2CCCC2)c2ccccc2)CC1. The first-order valence-electron chi connectivity index (χ1n) is 10.1. The van der Waals surface area contributed by atoms with E-state index in [1.54, 1.807) is 12.1 Å². The summed E-state index contributed by atoms with van der Waals surface area (Å²) in [6.45, 7) is 3.02. The summed E-state index contributed by atoms with van der Waals surface area (Å²) >= 11 is 0. The van der Waals surface area contributed by atoms with Crippen LogP contribution in [-0.4, -0.2) is 53.8 Å². The number of furan rings is 1. The molecule has 6 heteroatoms. The molecular formula is C22H27N3O3. The fraction of sp³-hybridized carbons (Fsp3) is 0.455. The number of piperidine rings is 1. The minimum absolute atomic E-state index is 0.0591. The molecule has 2 aliphatic heterocycles. The van der Waals surface area contributed by atoms with Gasteiger partial charge in [0, 0.05) is 32.2 Å². The van der Waals surface area contributed by atoms with Crippen molar-refractivity contribution in [3.63, 3.8) is 0 Å². The first-order chi connectivity index (χ1) is 13.7. The van der Waals surface area contributed by atoms with Gasteiger partial charge in [-0.3, -0.25) is 14.9 Å². The van der Waals surface area contributed by atoms with Gasteiger partial charge < -0.3 is 14.2 Å². The number of benzene rings is 1. The van der Waals surface area contributed by atoms with Gasteiger partial charge in [-0.25, -0.2) is 0 Å². The number of nitrogens with zero attached hydrogens (tertiary/aromatic N) is 2. The Morgan fingerprint density at radius 1 is 0.929 bits per heavy atom. The van der Waals surface area contributed by atoms with Gasteiger partial charge in [0.2, 0.25) is 5.91 Å². The second-order valence-electron chi connectivity index (χ2n) is 7.59. The summed E-state index contributed by atoms with van der Waals surface area (Å²) in [5.41, 5.74) is 1.01. The van der Waals surface area contributed by atoms with E-state index in [1.165, 1.54) is 6.26 Å². The van der Waals surface area contributed by atoms with Crippen LogP contribution in [0.4, 0.5) is 0 Å². The first-order valence-corrected chi connectivity index (χ1v) is 10.1. The molecule has 28 heavy (non-hydrogen) atoms. The molecule has 1 aromatic heterocycles. The highest BCUT2D eigenvalue weighted by atomic mass is 16.3. The smallest absolute Gasteiger partial charge is 0.289 e. The molecule has 2 saturated heterocycles. The van der Waals surface area contributed by atoms with Crippen LogP contribution in [-0.2, 0) is 4.79 Å². The van der Waals surface area contributed by atoms with E-state index in [2.05, 4.69) is 5.32 Å². The van der Waals surface area contributed by atoms with Crippen LogP contribution in [0.2, 0.25) is 0 Å². The molecule has 3 heterocycles. The van der Waals surface area contributed by atoms with Crippen LogP contribution < -0.4 is 5.32 Å². The Kier molecular flexibility index (Phi) is 5.76. The molecule has 6 nitrogen and oxygen atoms in total. The highest BCUT2D eigenvalue weighted by Crippen LogP contribution is 2.23. The molecule has 0 spiro atoms. The molecule has 1 aromatic carbocycles. The average Bonchev–Trinajstić information content (AvgIpc) is 3.46. The van der Waals surface area contributed by atoms with E-state index in [-0.39, 0.29) is 23.9 Å². The summed E-state index contributed by atoms with van der Waals surface area (Å²) in [5, 5.41) is 3.59. The molecule has 2 aliphatic rings. The lowest BCUT2D eigenvalue weighted by molar-refractivity contribution is -0.132. The zero-order valence-electron chi connectivity index (χ0n) is 16.0. The Morgan fingerprint density at radius 2 is 1.64 bits per heavy atom. The number of hydrogen-bond donors (Lipinski definition) is 1. The third-order valence-electron chi connectivity index (χ3n) is 5.71. The molecule has 4 rings (SSSR count). The van der Waals surface area contributed by atoms with E-state index in [1.807, 2.05) is 40.1 Å². The van der Waals surface area contributed by atoms with Gasteiger partial charge in [0.05, 0.1) is 6.26 Å². The quantitative estimate of drug-likeness (QED) is 0.865. The van der Waals surface area contributed by atoms with Crippen molar-refractivity contribution < 1.29 is 14.0 Å². The van der Waals surface area contributed by atoms with Gasteiger partial charge in [-0.2, -0.15) is 0 Å². The molecule has 148 valence electrons. The Hall–Kier alpha value is -2.60. The van der Waals surface area contributed by atoms with Crippen LogP contribution in [0.15, 0.2) is 53.1 Å². The molecule has 1 unspecified atom stereocenters. The fourth-order valence-corrected chi connectivity index (χ4v) is 4.12. The summed E-state index contributed by atoms with van der Waals surface area (Å²) in [6.07, 6.45) is 5.34. The lowest BCUT2D eigenvalue weighted by Crippen LogP contribution is -2.49. The summed E-state index contributed by atoms with van der Waals surface area (Å²) in [7, 11) is 0. The van der Waals surface area contributed by atoms with E-state index in [0.717, 1.165) is 44.3 Å². The molecule has 1 atom stereocenters. The van der Waals surface area contributed by atoms with Crippen LogP contribution >= 0.6 is 0 Å². The van der Waals surface area contributed by atoms with Crippen molar-refractivity contribution in [1.82, 2.24) is 15.1 Å². The van der Waals surface area contributed by atoms with Crippen LogP contribution in [0.25, 0.3) is 0 Å². The van der Waals surface area contributed by atoms with Crippen LogP contribution in [0.3, 0.4) is 0 Å². The second-order valence-corrected chi connectivity index (χ2v) is 7.59. The number of nitrogens with one attached hydrogen (secondary N) is 1. The van der Waals surface area contributed by atoms with Crippen LogP contribution in [0.5, 0.6) is 0 Å². The number of rotatable bonds is 5. The van der Waals surface area contributed by atoms with Gasteiger partial charge in [-0.15, -0.1) is 0 Å². The van der Waals surface area contributed by atoms with Crippen molar-refractivity contribution in [3.8, 4) is 0 Å². The summed E-state index contributed by atoms with van der Waals surface area (Å²) < 4.78 is 5.23. The molecule has 1 N–H and O–H groups in total. The maximum atomic E-state index is 13.1. The molecule has 0 aliphatic carbocycles. The van der Waals surface area contributed by atoms with E-state index < -0.39 is 0 Å². The fourth-order valence-electron chi connectivity index (χ4n) is 4.12. The van der Waals surface area contributed by atoms with Crippen molar-refractivity contribution in [2.75, 3.05) is 26.2 Å². The topological polar surface area (TPSA) is 65.8 Å². The first kappa shape index (κ1) is 18.7. The monoisotopic (exact) mass is 381 g/mol. The maximum Gasteiger partial charge on any atom is 0.289 e. The van der Waals surface area contributed by atoms with Crippen molar-refractivity contribution >= 4 is 11.8 Å². The van der Waals surface area contributed by atoms with Crippen LogP contribution in [0, 0.1) is 0 Å². The van der Waals surface area contributed by atoms with Gasteiger partial charge in [0.15, 0.2) is 5.76 Å². The van der Waals surface area contributed by atoms with E-state index in [9.17, 15) is 9.59 Å². The normalized spacial score (nSPS) is 19.0. The van der Waals surface area contributed by atoms with E-state index in [0.29, 0.717) is 18.8 Å². The Balaban J connectivity index is 1.40. The van der Waals surface area contributed by atoms with Crippen molar-refractivity contribution in [1.29, 1.82) is 0 Å². The highest BCUT2D eigenvalue weighted by molar-refractivity contribution is 5.91.